The third kappa shape index (κ3) is 1.83. The highest BCUT2D eigenvalue weighted by Crippen LogP contribution is 2.37. The minimum absolute atomic E-state index is 0.206. The molecule has 0 aliphatic carbocycles. The van der Waals surface area contributed by atoms with E-state index in [1.165, 1.54) is 4.90 Å². The summed E-state index contributed by atoms with van der Waals surface area (Å²) in [6, 6.07) is 15.5. The van der Waals surface area contributed by atoms with E-state index in [1.54, 1.807) is 0 Å². The summed E-state index contributed by atoms with van der Waals surface area (Å²) in [6.45, 7) is 5.66. The predicted molar refractivity (Wildman–Crippen MR) is 91.7 cm³/mol. The lowest BCUT2D eigenvalue weighted by Crippen LogP contribution is -2.51. The molecule has 3 aromatic rings. The number of amides is 2. The fourth-order valence-electron chi connectivity index (χ4n) is 3.46. The molecule has 0 atom stereocenters. The molecule has 1 aliphatic heterocycles. The first kappa shape index (κ1) is 13.9. The standard InChI is InChI=1S/C20H17NO2/c1-20(2,3)21-18(22)15-10-6-8-13-11-12-7-4-5-9-14(12)17(16(13)15)19(21)23/h4-11H,1-3H3. The SMILES string of the molecule is CC(C)(C)N1C(=O)c2cccc3cc4ccccc4c(c23)C1=O. The maximum absolute atomic E-state index is 13.2. The van der Waals surface area contributed by atoms with Gasteiger partial charge in [-0.2, -0.15) is 0 Å². The first-order valence-corrected chi connectivity index (χ1v) is 7.73. The predicted octanol–water partition coefficient (Wildman–Crippen LogP) is 4.39. The van der Waals surface area contributed by atoms with Crippen molar-refractivity contribution < 1.29 is 9.59 Å². The van der Waals surface area contributed by atoms with Crippen LogP contribution in [-0.2, 0) is 0 Å². The lowest BCUT2D eigenvalue weighted by Gasteiger charge is -2.37. The molecule has 2 amide bonds. The normalized spacial score (nSPS) is 14.8. The Morgan fingerprint density at radius 1 is 0.826 bits per heavy atom. The Kier molecular flexibility index (Phi) is 2.68. The Labute approximate surface area is 134 Å². The van der Waals surface area contributed by atoms with E-state index in [9.17, 15) is 9.59 Å². The molecule has 0 radical (unpaired) electrons. The smallest absolute Gasteiger partial charge is 0.262 e. The summed E-state index contributed by atoms with van der Waals surface area (Å²) in [6.07, 6.45) is 0. The van der Waals surface area contributed by atoms with E-state index in [4.69, 9.17) is 0 Å². The average molecular weight is 303 g/mol. The number of carbonyl (C=O) groups is 2. The Morgan fingerprint density at radius 3 is 2.26 bits per heavy atom. The van der Waals surface area contributed by atoms with E-state index >= 15 is 0 Å². The van der Waals surface area contributed by atoms with Gasteiger partial charge in [0.15, 0.2) is 0 Å². The van der Waals surface area contributed by atoms with Crippen LogP contribution >= 0.6 is 0 Å². The zero-order chi connectivity index (χ0) is 16.4. The first-order valence-electron chi connectivity index (χ1n) is 7.73. The number of rotatable bonds is 0. The van der Waals surface area contributed by atoms with Crippen LogP contribution in [0.4, 0.5) is 0 Å². The minimum Gasteiger partial charge on any atom is -0.269 e. The zero-order valence-electron chi connectivity index (χ0n) is 13.4. The van der Waals surface area contributed by atoms with Crippen LogP contribution < -0.4 is 0 Å². The van der Waals surface area contributed by atoms with Gasteiger partial charge in [-0.05, 0) is 49.1 Å². The molecular formula is C20H17NO2. The topological polar surface area (TPSA) is 37.4 Å². The van der Waals surface area contributed by atoms with Crippen molar-refractivity contribution in [1.29, 1.82) is 0 Å². The van der Waals surface area contributed by atoms with Gasteiger partial charge in [-0.15, -0.1) is 0 Å². The van der Waals surface area contributed by atoms with Gasteiger partial charge in [0.1, 0.15) is 0 Å². The number of fused-ring (bicyclic) bond motifs is 2. The van der Waals surface area contributed by atoms with Crippen molar-refractivity contribution in [2.75, 3.05) is 0 Å². The molecule has 3 heteroatoms. The summed E-state index contributed by atoms with van der Waals surface area (Å²) in [5.74, 6) is -0.418. The summed E-state index contributed by atoms with van der Waals surface area (Å²) < 4.78 is 0. The second-order valence-corrected chi connectivity index (χ2v) is 6.99. The van der Waals surface area contributed by atoms with E-state index in [0.717, 1.165) is 21.5 Å². The van der Waals surface area contributed by atoms with Crippen molar-refractivity contribution in [2.24, 2.45) is 0 Å². The van der Waals surface area contributed by atoms with Gasteiger partial charge in [-0.3, -0.25) is 14.5 Å². The molecule has 0 saturated carbocycles. The van der Waals surface area contributed by atoms with E-state index in [0.29, 0.717) is 11.1 Å². The van der Waals surface area contributed by atoms with Gasteiger partial charge in [0.25, 0.3) is 11.8 Å². The molecule has 0 fully saturated rings. The molecule has 0 aromatic heterocycles. The largest absolute Gasteiger partial charge is 0.269 e. The molecular weight excluding hydrogens is 286 g/mol. The monoisotopic (exact) mass is 303 g/mol. The first-order chi connectivity index (χ1) is 10.9. The van der Waals surface area contributed by atoms with Crippen molar-refractivity contribution in [3.8, 4) is 0 Å². The molecule has 23 heavy (non-hydrogen) atoms. The van der Waals surface area contributed by atoms with Crippen molar-refractivity contribution in [2.45, 2.75) is 26.3 Å². The molecule has 1 aliphatic rings. The molecule has 0 unspecified atom stereocenters. The number of benzene rings is 3. The number of carbonyl (C=O) groups excluding carboxylic acids is 2. The van der Waals surface area contributed by atoms with Crippen LogP contribution in [-0.4, -0.2) is 22.3 Å². The molecule has 3 nitrogen and oxygen atoms in total. The Hall–Kier alpha value is -2.68. The maximum atomic E-state index is 13.2. The minimum atomic E-state index is -0.565. The van der Waals surface area contributed by atoms with Crippen LogP contribution in [0.15, 0.2) is 48.5 Å². The highest BCUT2D eigenvalue weighted by atomic mass is 16.2. The Morgan fingerprint density at radius 2 is 1.52 bits per heavy atom. The van der Waals surface area contributed by atoms with Gasteiger partial charge >= 0.3 is 0 Å². The quantitative estimate of drug-likeness (QED) is 0.456. The van der Waals surface area contributed by atoms with E-state index in [1.807, 2.05) is 69.3 Å². The van der Waals surface area contributed by atoms with Crippen molar-refractivity contribution >= 4 is 33.4 Å². The fraction of sp³-hybridized carbons (Fsp3) is 0.200. The van der Waals surface area contributed by atoms with Crippen molar-refractivity contribution in [3.63, 3.8) is 0 Å². The molecule has 4 rings (SSSR count). The Bertz CT molecular complexity index is 996. The highest BCUT2D eigenvalue weighted by Gasteiger charge is 2.40. The molecule has 0 spiro atoms. The summed E-state index contributed by atoms with van der Waals surface area (Å²) in [4.78, 5) is 27.5. The molecule has 1 heterocycles. The van der Waals surface area contributed by atoms with Gasteiger partial charge < -0.3 is 0 Å². The zero-order valence-corrected chi connectivity index (χ0v) is 13.4. The van der Waals surface area contributed by atoms with Crippen LogP contribution in [0.5, 0.6) is 0 Å². The van der Waals surface area contributed by atoms with E-state index in [2.05, 4.69) is 0 Å². The van der Waals surface area contributed by atoms with Gasteiger partial charge in [0.2, 0.25) is 0 Å². The summed E-state index contributed by atoms with van der Waals surface area (Å²) in [5.41, 5.74) is 0.686. The van der Waals surface area contributed by atoms with Gasteiger partial charge in [-0.25, -0.2) is 0 Å². The summed E-state index contributed by atoms with van der Waals surface area (Å²) in [5, 5.41) is 3.64. The van der Waals surface area contributed by atoms with Crippen LogP contribution in [0.3, 0.4) is 0 Å². The van der Waals surface area contributed by atoms with Crippen molar-refractivity contribution in [3.05, 3.63) is 59.7 Å². The average Bonchev–Trinajstić information content (AvgIpc) is 2.49. The third-order valence-corrected chi connectivity index (χ3v) is 4.41. The van der Waals surface area contributed by atoms with Crippen LogP contribution in [0.2, 0.25) is 0 Å². The second kappa shape index (κ2) is 4.42. The summed E-state index contributed by atoms with van der Waals surface area (Å²) >= 11 is 0. The molecule has 0 bridgehead atoms. The number of imide groups is 1. The molecule has 0 saturated heterocycles. The van der Waals surface area contributed by atoms with Gasteiger partial charge in [0, 0.05) is 16.5 Å². The van der Waals surface area contributed by atoms with Crippen LogP contribution in [0.1, 0.15) is 41.5 Å². The van der Waals surface area contributed by atoms with E-state index < -0.39 is 5.54 Å². The molecule has 3 aromatic carbocycles. The lowest BCUT2D eigenvalue weighted by molar-refractivity contribution is 0.0462. The van der Waals surface area contributed by atoms with Gasteiger partial charge in [0.05, 0.1) is 5.56 Å². The summed E-state index contributed by atoms with van der Waals surface area (Å²) in [7, 11) is 0. The molecule has 0 N–H and O–H groups in total. The number of hydrogen-bond acceptors (Lipinski definition) is 2. The highest BCUT2D eigenvalue weighted by molar-refractivity contribution is 6.30. The number of hydrogen-bond donors (Lipinski definition) is 0. The van der Waals surface area contributed by atoms with Crippen LogP contribution in [0, 0.1) is 0 Å². The fourth-order valence-corrected chi connectivity index (χ4v) is 3.46. The lowest BCUT2D eigenvalue weighted by atomic mass is 9.87. The number of nitrogens with zero attached hydrogens (tertiary/aromatic N) is 1. The maximum Gasteiger partial charge on any atom is 0.262 e. The van der Waals surface area contributed by atoms with Gasteiger partial charge in [-0.1, -0.05) is 36.4 Å². The van der Waals surface area contributed by atoms with E-state index in [-0.39, 0.29) is 11.8 Å². The second-order valence-electron chi connectivity index (χ2n) is 6.99. The van der Waals surface area contributed by atoms with Crippen LogP contribution in [0.25, 0.3) is 21.5 Å². The molecule has 114 valence electrons. The van der Waals surface area contributed by atoms with Crippen molar-refractivity contribution in [1.82, 2.24) is 4.90 Å². The Balaban J connectivity index is 2.21. The third-order valence-electron chi connectivity index (χ3n) is 4.41.